The number of aromatic nitrogens is 1. The first-order valence-corrected chi connectivity index (χ1v) is 10.1. The monoisotopic (exact) mass is 447 g/mol. The summed E-state index contributed by atoms with van der Waals surface area (Å²) in [6, 6.07) is 14.9. The predicted molar refractivity (Wildman–Crippen MR) is 121 cm³/mol. The van der Waals surface area contributed by atoms with Crippen LogP contribution in [0.5, 0.6) is 5.88 Å². The molecule has 2 heterocycles. The minimum absolute atomic E-state index is 0.0263. The van der Waals surface area contributed by atoms with Crippen molar-refractivity contribution in [3.05, 3.63) is 93.6 Å². The van der Waals surface area contributed by atoms with Crippen LogP contribution in [0, 0.1) is 0 Å². The Bertz CT molecular complexity index is 1250. The summed E-state index contributed by atoms with van der Waals surface area (Å²) in [6.07, 6.45) is 3.09. The molecule has 0 fully saturated rings. The van der Waals surface area contributed by atoms with Crippen LogP contribution in [0.1, 0.15) is 31.8 Å². The fourth-order valence-electron chi connectivity index (χ4n) is 3.23. The number of hydrogen-bond donors (Lipinski definition) is 2. The van der Waals surface area contributed by atoms with Crippen molar-refractivity contribution in [3.8, 4) is 5.88 Å². The second-order valence-electron chi connectivity index (χ2n) is 7.05. The molecule has 2 aromatic carbocycles. The molecular formula is C24H18ClN3O4. The number of methoxy groups -OCH3 is 1. The van der Waals surface area contributed by atoms with E-state index >= 15 is 0 Å². The third-order valence-corrected chi connectivity index (χ3v) is 5.12. The van der Waals surface area contributed by atoms with Crippen LogP contribution in [0.25, 0.3) is 6.08 Å². The summed E-state index contributed by atoms with van der Waals surface area (Å²) >= 11 is 5.99. The number of anilines is 1. The lowest BCUT2D eigenvalue weighted by atomic mass is 9.93. The number of nitrogens with zero attached hydrogens (tertiary/aromatic N) is 1. The molecule has 0 spiro atoms. The van der Waals surface area contributed by atoms with E-state index in [2.05, 4.69) is 15.6 Å². The predicted octanol–water partition coefficient (Wildman–Crippen LogP) is 3.89. The van der Waals surface area contributed by atoms with E-state index in [4.69, 9.17) is 16.3 Å². The van der Waals surface area contributed by atoms with E-state index in [1.54, 1.807) is 54.7 Å². The first-order chi connectivity index (χ1) is 15.4. The summed E-state index contributed by atoms with van der Waals surface area (Å²) in [5.41, 5.74) is 2.31. The van der Waals surface area contributed by atoms with Gasteiger partial charge in [-0.2, -0.15) is 0 Å². The third-order valence-electron chi connectivity index (χ3n) is 4.88. The Balaban J connectivity index is 1.54. The van der Waals surface area contributed by atoms with E-state index in [9.17, 15) is 14.4 Å². The highest BCUT2D eigenvalue weighted by molar-refractivity contribution is 6.36. The van der Waals surface area contributed by atoms with Gasteiger partial charge in [-0.1, -0.05) is 29.8 Å². The molecule has 0 unspecified atom stereocenters. The van der Waals surface area contributed by atoms with Crippen molar-refractivity contribution in [1.29, 1.82) is 0 Å². The number of ether oxygens (including phenoxy) is 1. The first kappa shape index (κ1) is 21.3. The van der Waals surface area contributed by atoms with Gasteiger partial charge in [0.25, 0.3) is 11.8 Å². The first-order valence-electron chi connectivity index (χ1n) is 9.69. The summed E-state index contributed by atoms with van der Waals surface area (Å²) in [7, 11) is 1.53. The fourth-order valence-corrected chi connectivity index (χ4v) is 3.43. The highest BCUT2D eigenvalue weighted by atomic mass is 35.5. The molecule has 1 aliphatic heterocycles. The lowest BCUT2D eigenvalue weighted by Gasteiger charge is -2.19. The van der Waals surface area contributed by atoms with E-state index in [0.29, 0.717) is 27.7 Å². The highest BCUT2D eigenvalue weighted by Crippen LogP contribution is 2.28. The van der Waals surface area contributed by atoms with Gasteiger partial charge in [0.05, 0.1) is 18.4 Å². The normalized spacial score (nSPS) is 14.0. The largest absolute Gasteiger partial charge is 0.481 e. The number of Topliss-reactive ketones (excluding diaryl/α,β-unsaturated/α-hetero) is 1. The Morgan fingerprint density at radius 3 is 2.72 bits per heavy atom. The number of pyridine rings is 1. The summed E-state index contributed by atoms with van der Waals surface area (Å²) in [4.78, 5) is 42.2. The van der Waals surface area contributed by atoms with Crippen LogP contribution in [-0.2, 0) is 11.3 Å². The number of fused-ring (bicyclic) bond motifs is 1. The van der Waals surface area contributed by atoms with Gasteiger partial charge in [0.2, 0.25) is 11.7 Å². The Kier molecular flexibility index (Phi) is 6.00. The molecule has 1 aliphatic rings. The molecule has 3 aromatic rings. The summed E-state index contributed by atoms with van der Waals surface area (Å²) in [5.74, 6) is -0.838. The van der Waals surface area contributed by atoms with Crippen LogP contribution in [0.15, 0.2) is 66.4 Å². The molecule has 8 heteroatoms. The number of benzene rings is 2. The van der Waals surface area contributed by atoms with Gasteiger partial charge in [-0.25, -0.2) is 4.98 Å². The van der Waals surface area contributed by atoms with E-state index < -0.39 is 11.7 Å². The van der Waals surface area contributed by atoms with Crippen molar-refractivity contribution < 1.29 is 19.1 Å². The summed E-state index contributed by atoms with van der Waals surface area (Å²) < 4.78 is 5.02. The average Bonchev–Trinajstić information content (AvgIpc) is 2.80. The molecule has 2 amide bonds. The zero-order chi connectivity index (χ0) is 22.7. The molecular weight excluding hydrogens is 430 g/mol. The maximum absolute atomic E-state index is 13.0. The third kappa shape index (κ3) is 4.53. The van der Waals surface area contributed by atoms with Crippen LogP contribution in [0.3, 0.4) is 0 Å². The van der Waals surface area contributed by atoms with Crippen molar-refractivity contribution in [2.75, 3.05) is 12.4 Å². The lowest BCUT2D eigenvalue weighted by Crippen LogP contribution is -2.28. The average molecular weight is 448 g/mol. The molecule has 0 saturated heterocycles. The number of halogens is 1. The Morgan fingerprint density at radius 2 is 2.00 bits per heavy atom. The number of carbonyl (C=O) groups excluding carboxylic acids is 3. The van der Waals surface area contributed by atoms with Crippen molar-refractivity contribution in [3.63, 3.8) is 0 Å². The van der Waals surface area contributed by atoms with Gasteiger partial charge < -0.3 is 15.4 Å². The minimum Gasteiger partial charge on any atom is -0.481 e. The van der Waals surface area contributed by atoms with Crippen molar-refractivity contribution >= 4 is 41.0 Å². The molecule has 0 saturated carbocycles. The van der Waals surface area contributed by atoms with E-state index in [1.165, 1.54) is 19.3 Å². The van der Waals surface area contributed by atoms with Crippen molar-refractivity contribution in [2.24, 2.45) is 0 Å². The van der Waals surface area contributed by atoms with E-state index in [0.717, 1.165) is 5.56 Å². The smallest absolute Gasteiger partial charge is 0.259 e. The summed E-state index contributed by atoms with van der Waals surface area (Å²) in [6.45, 7) is 0.261. The summed E-state index contributed by atoms with van der Waals surface area (Å²) in [5, 5.41) is 5.98. The Morgan fingerprint density at radius 1 is 1.16 bits per heavy atom. The Labute approximate surface area is 189 Å². The SMILES string of the molecule is COc1ccc(CNC(=O)c2ccc3c(c2)C(=O)C(=Cc2cccc(Cl)c2)C(=O)N3)cn1. The van der Waals surface area contributed by atoms with Gasteiger partial charge in [-0.15, -0.1) is 0 Å². The minimum atomic E-state index is -0.508. The molecule has 0 radical (unpaired) electrons. The molecule has 0 aliphatic carbocycles. The van der Waals surface area contributed by atoms with E-state index in [1.807, 2.05) is 0 Å². The molecule has 4 rings (SSSR count). The van der Waals surface area contributed by atoms with Gasteiger partial charge in [-0.3, -0.25) is 14.4 Å². The van der Waals surface area contributed by atoms with Crippen LogP contribution in [-0.4, -0.2) is 29.7 Å². The second-order valence-corrected chi connectivity index (χ2v) is 7.48. The zero-order valence-electron chi connectivity index (χ0n) is 17.0. The molecule has 2 N–H and O–H groups in total. The standard InChI is InChI=1S/C24H18ClN3O4/c1-32-21-8-5-15(12-26-21)13-27-23(30)16-6-7-20-18(11-16)22(29)19(24(31)28-20)10-14-3-2-4-17(25)9-14/h2-12H,13H2,1H3,(H,27,30)(H,28,31). The molecule has 7 nitrogen and oxygen atoms in total. The number of hydrogen-bond acceptors (Lipinski definition) is 5. The number of ketones is 1. The van der Waals surface area contributed by atoms with Gasteiger partial charge in [0.15, 0.2) is 0 Å². The van der Waals surface area contributed by atoms with Crippen LogP contribution >= 0.6 is 11.6 Å². The topological polar surface area (TPSA) is 97.4 Å². The number of carbonyl (C=O) groups is 3. The van der Waals surface area contributed by atoms with Gasteiger partial charge in [0.1, 0.15) is 0 Å². The molecule has 0 atom stereocenters. The molecule has 0 bridgehead atoms. The number of nitrogens with one attached hydrogen (secondary N) is 2. The quantitative estimate of drug-likeness (QED) is 0.456. The van der Waals surface area contributed by atoms with Crippen molar-refractivity contribution in [2.45, 2.75) is 6.54 Å². The molecule has 160 valence electrons. The Hall–Kier alpha value is -3.97. The zero-order valence-corrected chi connectivity index (χ0v) is 17.8. The number of amides is 2. The van der Waals surface area contributed by atoms with Gasteiger partial charge in [-0.05, 0) is 47.5 Å². The maximum atomic E-state index is 13.0. The maximum Gasteiger partial charge on any atom is 0.259 e. The van der Waals surface area contributed by atoms with Gasteiger partial charge in [0, 0.05) is 35.0 Å². The fraction of sp³-hybridized carbons (Fsp3) is 0.0833. The van der Waals surface area contributed by atoms with E-state index in [-0.39, 0.29) is 23.6 Å². The lowest BCUT2D eigenvalue weighted by molar-refractivity contribution is -0.112. The van der Waals surface area contributed by atoms with Crippen LogP contribution in [0.2, 0.25) is 5.02 Å². The molecule has 1 aromatic heterocycles. The second kappa shape index (κ2) is 9.03. The van der Waals surface area contributed by atoms with Crippen LogP contribution < -0.4 is 15.4 Å². The number of rotatable bonds is 5. The van der Waals surface area contributed by atoms with Crippen molar-refractivity contribution in [1.82, 2.24) is 10.3 Å². The molecule has 32 heavy (non-hydrogen) atoms. The van der Waals surface area contributed by atoms with Gasteiger partial charge >= 0.3 is 0 Å². The highest BCUT2D eigenvalue weighted by Gasteiger charge is 2.29. The van der Waals surface area contributed by atoms with Crippen LogP contribution in [0.4, 0.5) is 5.69 Å².